The van der Waals surface area contributed by atoms with Gasteiger partial charge in [-0.2, -0.15) is 0 Å². The van der Waals surface area contributed by atoms with Crippen LogP contribution in [0.5, 0.6) is 0 Å². The van der Waals surface area contributed by atoms with Crippen LogP contribution in [-0.2, 0) is 21.2 Å². The van der Waals surface area contributed by atoms with Gasteiger partial charge in [0.15, 0.2) is 5.78 Å². The molecule has 0 saturated heterocycles. The van der Waals surface area contributed by atoms with E-state index in [1.807, 2.05) is 31.2 Å². The molecule has 0 unspecified atom stereocenters. The van der Waals surface area contributed by atoms with Gasteiger partial charge in [-0.25, -0.2) is 13.1 Å². The number of nitrogens with one attached hydrogen (secondary N) is 2. The number of carbonyl (C=O) groups is 2. The first-order chi connectivity index (χ1) is 12.3. The Kier molecular flexibility index (Phi) is 6.65. The van der Waals surface area contributed by atoms with Crippen LogP contribution in [0, 0.1) is 0 Å². The van der Waals surface area contributed by atoms with Crippen molar-refractivity contribution in [1.82, 2.24) is 4.72 Å². The molecule has 1 amide bonds. The van der Waals surface area contributed by atoms with Crippen molar-refractivity contribution >= 4 is 27.4 Å². The number of hydrogen-bond acceptors (Lipinski definition) is 4. The van der Waals surface area contributed by atoms with E-state index < -0.39 is 10.0 Å². The molecule has 138 valence electrons. The van der Waals surface area contributed by atoms with Gasteiger partial charge in [0.2, 0.25) is 15.9 Å². The third-order valence-corrected chi connectivity index (χ3v) is 5.33. The number of para-hydroxylation sites is 1. The summed E-state index contributed by atoms with van der Waals surface area (Å²) < 4.78 is 27.0. The van der Waals surface area contributed by atoms with Gasteiger partial charge in [0.05, 0.1) is 4.90 Å². The minimum Gasteiger partial charge on any atom is -0.326 e. The number of aryl methyl sites for hydroxylation is 1. The molecular formula is C19H22N2O4S. The molecular weight excluding hydrogens is 352 g/mol. The number of carbonyl (C=O) groups excluding carboxylic acids is 2. The zero-order valence-corrected chi connectivity index (χ0v) is 15.6. The summed E-state index contributed by atoms with van der Waals surface area (Å²) in [7, 11) is -3.78. The van der Waals surface area contributed by atoms with Gasteiger partial charge in [0, 0.05) is 24.2 Å². The molecule has 0 aliphatic rings. The largest absolute Gasteiger partial charge is 0.326 e. The molecule has 0 spiro atoms. The first-order valence-electron chi connectivity index (χ1n) is 8.32. The fraction of sp³-hybridized carbons (Fsp3) is 0.263. The van der Waals surface area contributed by atoms with E-state index >= 15 is 0 Å². The molecule has 2 N–H and O–H groups in total. The Morgan fingerprint density at radius 1 is 1.04 bits per heavy atom. The summed E-state index contributed by atoms with van der Waals surface area (Å²) in [5, 5.41) is 2.79. The van der Waals surface area contributed by atoms with E-state index in [1.54, 1.807) is 6.07 Å². The predicted molar refractivity (Wildman–Crippen MR) is 101 cm³/mol. The lowest BCUT2D eigenvalue weighted by atomic mass is 10.1. The number of ketones is 1. The summed E-state index contributed by atoms with van der Waals surface area (Å²) in [5.74, 6) is -0.484. The van der Waals surface area contributed by atoms with Gasteiger partial charge in [-0.3, -0.25) is 9.59 Å². The highest BCUT2D eigenvalue weighted by molar-refractivity contribution is 7.89. The third kappa shape index (κ3) is 5.24. The number of benzene rings is 2. The van der Waals surface area contributed by atoms with Gasteiger partial charge in [-0.15, -0.1) is 0 Å². The van der Waals surface area contributed by atoms with Crippen molar-refractivity contribution < 1.29 is 18.0 Å². The van der Waals surface area contributed by atoms with E-state index in [-0.39, 0.29) is 29.6 Å². The average Bonchev–Trinajstić information content (AvgIpc) is 2.62. The molecule has 0 atom stereocenters. The standard InChI is InChI=1S/C19H22N2O4S/c1-3-15-7-4-5-10-18(15)21-19(23)11-12-20-26(24,25)17-9-6-8-16(13-17)14(2)22/h4-10,13,20H,3,11-12H2,1-2H3,(H,21,23). The molecule has 0 saturated carbocycles. The Labute approximate surface area is 153 Å². The third-order valence-electron chi connectivity index (χ3n) is 3.87. The van der Waals surface area contributed by atoms with Crippen LogP contribution in [0.4, 0.5) is 5.69 Å². The first kappa shape index (κ1) is 19.8. The van der Waals surface area contributed by atoms with Crippen molar-refractivity contribution in [3.05, 3.63) is 59.7 Å². The molecule has 0 fully saturated rings. The normalized spacial score (nSPS) is 11.2. The Bertz CT molecular complexity index is 907. The second-order valence-electron chi connectivity index (χ2n) is 5.79. The highest BCUT2D eigenvalue weighted by Gasteiger charge is 2.15. The summed E-state index contributed by atoms with van der Waals surface area (Å²) >= 11 is 0. The lowest BCUT2D eigenvalue weighted by molar-refractivity contribution is -0.116. The monoisotopic (exact) mass is 374 g/mol. The molecule has 26 heavy (non-hydrogen) atoms. The van der Waals surface area contributed by atoms with Crippen molar-refractivity contribution in [1.29, 1.82) is 0 Å². The summed E-state index contributed by atoms with van der Waals surface area (Å²) in [6.45, 7) is 3.33. The van der Waals surface area contributed by atoms with Crippen LogP contribution in [0.1, 0.15) is 36.2 Å². The number of hydrogen-bond donors (Lipinski definition) is 2. The van der Waals surface area contributed by atoms with E-state index in [2.05, 4.69) is 10.0 Å². The van der Waals surface area contributed by atoms with Gasteiger partial charge >= 0.3 is 0 Å². The number of rotatable bonds is 8. The Balaban J connectivity index is 1.95. The van der Waals surface area contributed by atoms with E-state index in [0.717, 1.165) is 17.7 Å². The van der Waals surface area contributed by atoms with Crippen LogP contribution in [0.25, 0.3) is 0 Å². The fourth-order valence-corrected chi connectivity index (χ4v) is 3.51. The number of Topliss-reactive ketones (excluding diaryl/α,β-unsaturated/α-hetero) is 1. The van der Waals surface area contributed by atoms with E-state index in [4.69, 9.17) is 0 Å². The molecule has 2 rings (SSSR count). The number of amides is 1. The zero-order chi connectivity index (χ0) is 19.2. The Morgan fingerprint density at radius 3 is 2.46 bits per heavy atom. The second kappa shape index (κ2) is 8.73. The Hall–Kier alpha value is -2.51. The molecule has 6 nitrogen and oxygen atoms in total. The van der Waals surface area contributed by atoms with Gasteiger partial charge in [0.25, 0.3) is 0 Å². The highest BCUT2D eigenvalue weighted by atomic mass is 32.2. The van der Waals surface area contributed by atoms with Crippen molar-refractivity contribution in [3.63, 3.8) is 0 Å². The summed E-state index contributed by atoms with van der Waals surface area (Å²) in [6.07, 6.45) is 0.791. The molecule has 0 aliphatic heterocycles. The number of sulfonamides is 1. The van der Waals surface area contributed by atoms with Crippen LogP contribution in [0.3, 0.4) is 0 Å². The second-order valence-corrected chi connectivity index (χ2v) is 7.56. The maximum Gasteiger partial charge on any atom is 0.240 e. The van der Waals surface area contributed by atoms with Gasteiger partial charge < -0.3 is 5.32 Å². The van der Waals surface area contributed by atoms with Crippen LogP contribution in [0.15, 0.2) is 53.4 Å². The minimum absolute atomic E-state index is 0.00179. The molecule has 2 aromatic rings. The molecule has 7 heteroatoms. The van der Waals surface area contributed by atoms with Gasteiger partial charge in [0.1, 0.15) is 0 Å². The molecule has 0 radical (unpaired) electrons. The minimum atomic E-state index is -3.78. The smallest absolute Gasteiger partial charge is 0.240 e. The van der Waals surface area contributed by atoms with Crippen molar-refractivity contribution in [3.8, 4) is 0 Å². The van der Waals surface area contributed by atoms with Gasteiger partial charge in [-0.05, 0) is 37.1 Å². The first-order valence-corrected chi connectivity index (χ1v) is 9.80. The van der Waals surface area contributed by atoms with Gasteiger partial charge in [-0.1, -0.05) is 37.3 Å². The quantitative estimate of drug-likeness (QED) is 0.695. The van der Waals surface area contributed by atoms with Crippen LogP contribution in [0.2, 0.25) is 0 Å². The lowest BCUT2D eigenvalue weighted by Crippen LogP contribution is -2.28. The van der Waals surface area contributed by atoms with Crippen molar-refractivity contribution in [2.75, 3.05) is 11.9 Å². The molecule has 0 aliphatic carbocycles. The summed E-state index contributed by atoms with van der Waals surface area (Å²) in [6, 6.07) is 13.3. The lowest BCUT2D eigenvalue weighted by Gasteiger charge is -2.10. The van der Waals surface area contributed by atoms with E-state index in [1.165, 1.54) is 25.1 Å². The maximum absolute atomic E-state index is 12.3. The zero-order valence-electron chi connectivity index (χ0n) is 14.8. The van der Waals surface area contributed by atoms with E-state index in [9.17, 15) is 18.0 Å². The molecule has 0 bridgehead atoms. The Morgan fingerprint density at radius 2 is 1.77 bits per heavy atom. The summed E-state index contributed by atoms with van der Waals surface area (Å²) in [5.41, 5.74) is 2.07. The number of anilines is 1. The predicted octanol–water partition coefficient (Wildman–Crippen LogP) is 2.76. The molecule has 2 aromatic carbocycles. The highest BCUT2D eigenvalue weighted by Crippen LogP contribution is 2.16. The van der Waals surface area contributed by atoms with Crippen LogP contribution < -0.4 is 10.0 Å². The van der Waals surface area contributed by atoms with Crippen molar-refractivity contribution in [2.45, 2.75) is 31.6 Å². The molecule has 0 aromatic heterocycles. The molecule has 0 heterocycles. The average molecular weight is 374 g/mol. The SMILES string of the molecule is CCc1ccccc1NC(=O)CCNS(=O)(=O)c1cccc(C(C)=O)c1. The fourth-order valence-electron chi connectivity index (χ4n) is 2.43. The maximum atomic E-state index is 12.3. The van der Waals surface area contributed by atoms with E-state index in [0.29, 0.717) is 5.56 Å². The van der Waals surface area contributed by atoms with Crippen molar-refractivity contribution in [2.24, 2.45) is 0 Å². The topological polar surface area (TPSA) is 92.3 Å². The summed E-state index contributed by atoms with van der Waals surface area (Å²) in [4.78, 5) is 23.4. The van der Waals surface area contributed by atoms with Crippen LogP contribution in [-0.4, -0.2) is 26.7 Å². The van der Waals surface area contributed by atoms with Crippen LogP contribution >= 0.6 is 0 Å².